The van der Waals surface area contributed by atoms with E-state index in [1.807, 2.05) is 0 Å². The second-order valence-electron chi connectivity index (χ2n) is 13.1. The van der Waals surface area contributed by atoms with Crippen LogP contribution in [0.1, 0.15) is 93.1 Å². The minimum atomic E-state index is -4.97. The summed E-state index contributed by atoms with van der Waals surface area (Å²) >= 11 is 6.24. The van der Waals surface area contributed by atoms with Gasteiger partial charge in [-0.15, -0.1) is 0 Å². The van der Waals surface area contributed by atoms with Crippen LogP contribution >= 0.6 is 11.6 Å². The van der Waals surface area contributed by atoms with Crippen molar-refractivity contribution in [3.05, 3.63) is 46.2 Å². The average Bonchev–Trinajstić information content (AvgIpc) is 3.35. The van der Waals surface area contributed by atoms with Crippen LogP contribution in [0, 0.1) is 22.7 Å². The fraction of sp³-hybridized carbons (Fsp3) is 0.633. The van der Waals surface area contributed by atoms with Crippen LogP contribution in [0.4, 0.5) is 22.0 Å². The zero-order valence-electron chi connectivity index (χ0n) is 24.5. The predicted molar refractivity (Wildman–Crippen MR) is 148 cm³/mol. The highest BCUT2D eigenvalue weighted by atomic mass is 35.5. The lowest BCUT2D eigenvalue weighted by Gasteiger charge is -2.35. The fourth-order valence-corrected chi connectivity index (χ4v) is 7.67. The van der Waals surface area contributed by atoms with E-state index >= 15 is 0 Å². The normalized spacial score (nSPS) is 28.4. The number of rotatable bonds is 9. The molecular formula is C30H35ClF5N3O5. The highest BCUT2D eigenvalue weighted by Gasteiger charge is 2.63. The molecule has 1 heterocycles. The fourth-order valence-electron chi connectivity index (χ4n) is 7.38. The zero-order valence-corrected chi connectivity index (χ0v) is 25.2. The van der Waals surface area contributed by atoms with Gasteiger partial charge in [-0.2, -0.15) is 27.1 Å². The Morgan fingerprint density at radius 1 is 1.16 bits per heavy atom. The average molecular weight is 648 g/mol. The summed E-state index contributed by atoms with van der Waals surface area (Å²) in [5, 5.41) is 24.7. The van der Waals surface area contributed by atoms with E-state index < -0.39 is 71.8 Å². The molecule has 3 aliphatic carbocycles. The first-order chi connectivity index (χ1) is 20.5. The Labute approximate surface area is 256 Å². The molecule has 0 spiro atoms. The van der Waals surface area contributed by atoms with Crippen LogP contribution in [0.2, 0.25) is 5.02 Å². The minimum Gasteiger partial charge on any atom is -0.481 e. The Kier molecular flexibility index (Phi) is 8.45. The van der Waals surface area contributed by atoms with Gasteiger partial charge >= 0.3 is 18.8 Å². The highest BCUT2D eigenvalue weighted by molar-refractivity contribution is 6.31. The van der Waals surface area contributed by atoms with Gasteiger partial charge in [-0.25, -0.2) is 0 Å². The molecule has 5 rings (SSSR count). The molecule has 3 saturated carbocycles. The Morgan fingerprint density at radius 2 is 1.77 bits per heavy atom. The summed E-state index contributed by atoms with van der Waals surface area (Å²) in [6.07, 6.45) is -4.19. The number of carbonyl (C=O) groups is 2. The second kappa shape index (κ2) is 11.5. The Bertz CT molecular complexity index is 1410. The quantitative estimate of drug-likeness (QED) is 0.285. The monoisotopic (exact) mass is 647 g/mol. The number of nitrogens with zero attached hydrogens (tertiary/aromatic N) is 3. The molecule has 8 nitrogen and oxygen atoms in total. The number of ether oxygens (including phenoxy) is 1. The standard InChI is InChI=1S/C30H35ClF5N3O5/c1-28(2)18-11-16(12-19(18)28)38(14-21(40)23-20(31)5-4-6-22(23)44-27(32)33)25(41)17-13-37-39(24(17)30(34,35)36)15-7-9-29(3,10-8-15)26(42)43/h4-6,13,15-16,18-19,21,27,40H,7-12,14H2,1-3H3,(H,42,43)/t15-,16-,18+,19-,21?,29-. The van der Waals surface area contributed by atoms with Crippen LogP contribution < -0.4 is 4.74 Å². The number of halogens is 6. The van der Waals surface area contributed by atoms with Gasteiger partial charge in [-0.1, -0.05) is 31.5 Å². The number of aromatic nitrogens is 2. The van der Waals surface area contributed by atoms with E-state index in [0.717, 1.165) is 10.9 Å². The Balaban J connectivity index is 1.48. The molecule has 1 amide bonds. The molecule has 14 heteroatoms. The van der Waals surface area contributed by atoms with Gasteiger partial charge in [0.2, 0.25) is 0 Å². The summed E-state index contributed by atoms with van der Waals surface area (Å²) in [5.41, 5.74) is -3.17. The van der Waals surface area contributed by atoms with Gasteiger partial charge in [0, 0.05) is 11.6 Å². The number of alkyl halides is 5. The lowest BCUT2D eigenvalue weighted by Crippen LogP contribution is -2.43. The highest BCUT2D eigenvalue weighted by Crippen LogP contribution is 2.67. The van der Waals surface area contributed by atoms with E-state index in [2.05, 4.69) is 23.7 Å². The number of carbonyl (C=O) groups excluding carboxylic acids is 1. The van der Waals surface area contributed by atoms with Gasteiger partial charge in [-0.3, -0.25) is 14.3 Å². The van der Waals surface area contributed by atoms with Crippen LogP contribution in [0.3, 0.4) is 0 Å². The molecule has 0 saturated heterocycles. The number of aliphatic hydroxyl groups is 1. The first-order valence-electron chi connectivity index (χ1n) is 14.6. The second-order valence-corrected chi connectivity index (χ2v) is 13.5. The summed E-state index contributed by atoms with van der Waals surface area (Å²) in [6, 6.07) is 2.60. The molecule has 2 N–H and O–H groups in total. The molecular weight excluding hydrogens is 613 g/mol. The number of aliphatic hydroxyl groups excluding tert-OH is 1. The molecule has 1 aromatic heterocycles. The molecule has 0 bridgehead atoms. The third kappa shape index (κ3) is 5.89. The van der Waals surface area contributed by atoms with Crippen LogP contribution in [0.25, 0.3) is 0 Å². The number of carboxylic acids is 1. The number of benzene rings is 1. The van der Waals surface area contributed by atoms with Gasteiger partial charge in [0.15, 0.2) is 5.69 Å². The summed E-state index contributed by atoms with van der Waals surface area (Å²) in [6.45, 7) is 1.98. The number of carboxylic acid groups (broad SMARTS) is 1. The third-order valence-electron chi connectivity index (χ3n) is 10.2. The predicted octanol–water partition coefficient (Wildman–Crippen LogP) is 6.97. The van der Waals surface area contributed by atoms with E-state index in [0.29, 0.717) is 12.8 Å². The van der Waals surface area contributed by atoms with E-state index in [1.54, 1.807) is 6.92 Å². The summed E-state index contributed by atoms with van der Waals surface area (Å²) < 4.78 is 75.4. The molecule has 2 aromatic rings. The van der Waals surface area contributed by atoms with Crippen molar-refractivity contribution in [1.82, 2.24) is 14.7 Å². The summed E-state index contributed by atoms with van der Waals surface area (Å²) in [7, 11) is 0. The van der Waals surface area contributed by atoms with E-state index in [1.165, 1.54) is 23.1 Å². The van der Waals surface area contributed by atoms with Gasteiger partial charge in [-0.05, 0) is 74.8 Å². The van der Waals surface area contributed by atoms with Crippen LogP contribution in [-0.2, 0) is 11.0 Å². The van der Waals surface area contributed by atoms with Crippen LogP contribution in [-0.4, -0.2) is 56.0 Å². The van der Waals surface area contributed by atoms with E-state index in [4.69, 9.17) is 11.6 Å². The molecule has 3 aliphatic rings. The molecule has 0 radical (unpaired) electrons. The molecule has 44 heavy (non-hydrogen) atoms. The molecule has 242 valence electrons. The van der Waals surface area contributed by atoms with Crippen molar-refractivity contribution in [2.75, 3.05) is 6.54 Å². The largest absolute Gasteiger partial charge is 0.481 e. The zero-order chi connectivity index (χ0) is 32.4. The van der Waals surface area contributed by atoms with Crippen molar-refractivity contribution in [3.8, 4) is 5.75 Å². The van der Waals surface area contributed by atoms with Crippen LogP contribution in [0.15, 0.2) is 24.4 Å². The van der Waals surface area contributed by atoms with Gasteiger partial charge in [0.25, 0.3) is 5.91 Å². The Morgan fingerprint density at radius 3 is 2.32 bits per heavy atom. The smallest absolute Gasteiger partial charge is 0.433 e. The van der Waals surface area contributed by atoms with Gasteiger partial charge in [0.05, 0.1) is 34.8 Å². The third-order valence-corrected chi connectivity index (χ3v) is 10.5. The number of amides is 1. The first-order valence-corrected chi connectivity index (χ1v) is 14.9. The van der Waals surface area contributed by atoms with Crippen LogP contribution in [0.5, 0.6) is 5.75 Å². The van der Waals surface area contributed by atoms with Crippen molar-refractivity contribution in [2.24, 2.45) is 22.7 Å². The lowest BCUT2D eigenvalue weighted by molar-refractivity contribution is -0.152. The maximum absolute atomic E-state index is 14.6. The number of hydrogen-bond acceptors (Lipinski definition) is 5. The van der Waals surface area contributed by atoms with Gasteiger partial charge < -0.3 is 19.8 Å². The number of fused-ring (bicyclic) bond motifs is 1. The van der Waals surface area contributed by atoms with E-state index in [9.17, 15) is 41.8 Å². The molecule has 4 atom stereocenters. The van der Waals surface area contributed by atoms with E-state index in [-0.39, 0.29) is 53.5 Å². The Hall–Kier alpha value is -2.93. The lowest BCUT2D eigenvalue weighted by atomic mass is 9.74. The number of hydrogen-bond donors (Lipinski definition) is 2. The van der Waals surface area contributed by atoms with Crippen molar-refractivity contribution in [1.29, 1.82) is 0 Å². The maximum Gasteiger partial charge on any atom is 0.433 e. The molecule has 1 aromatic carbocycles. The molecule has 0 aliphatic heterocycles. The first kappa shape index (κ1) is 32.5. The van der Waals surface area contributed by atoms with Crippen molar-refractivity contribution in [2.45, 2.75) is 90.3 Å². The maximum atomic E-state index is 14.6. The minimum absolute atomic E-state index is 0.0261. The van der Waals surface area contributed by atoms with Gasteiger partial charge in [0.1, 0.15) is 11.9 Å². The molecule has 1 unspecified atom stereocenters. The molecule has 3 fully saturated rings. The van der Waals surface area contributed by atoms with Crippen molar-refractivity contribution in [3.63, 3.8) is 0 Å². The summed E-state index contributed by atoms with van der Waals surface area (Å²) in [5.74, 6) is -1.93. The SMILES string of the molecule is CC1(C)[C@@H]2C[C@H](N(CC(O)c3c(Cl)cccc3OC(F)F)C(=O)c3cnn([C@H]4CC[C@](C)(C(=O)O)CC4)c3C(F)(F)F)C[C@@H]21. The topological polar surface area (TPSA) is 105 Å². The number of aliphatic carboxylic acids is 1. The van der Waals surface area contributed by atoms with Crippen molar-refractivity contribution >= 4 is 23.5 Å². The summed E-state index contributed by atoms with van der Waals surface area (Å²) in [4.78, 5) is 26.9. The van der Waals surface area contributed by atoms with Crippen molar-refractivity contribution < 1.29 is 46.5 Å².